The maximum Gasteiger partial charge on any atom is 0.0520 e. The van der Waals surface area contributed by atoms with Gasteiger partial charge in [-0.2, -0.15) is 0 Å². The number of hydrogen-bond acceptors (Lipinski definition) is 3. The quantitative estimate of drug-likeness (QED) is 0.394. The molecular formula is C6H19N3. The molecule has 0 rings (SSSR count). The summed E-state index contributed by atoms with van der Waals surface area (Å²) in [6, 6.07) is 0. The van der Waals surface area contributed by atoms with E-state index in [0.29, 0.717) is 0 Å². The largest absolute Gasteiger partial charge is 0.344 e. The molecule has 58 valence electrons. The number of unbranched alkanes of at least 4 members (excludes halogenated alkanes) is 2. The highest BCUT2D eigenvalue weighted by molar-refractivity contribution is 4.49. The second-order valence-corrected chi connectivity index (χ2v) is 2.16. The third kappa shape index (κ3) is 11.4. The van der Waals surface area contributed by atoms with E-state index in [0.717, 1.165) is 6.42 Å². The monoisotopic (exact) mass is 133 g/mol. The molecule has 0 amide bonds. The van der Waals surface area contributed by atoms with Crippen molar-refractivity contribution < 1.29 is 0 Å². The molecular weight excluding hydrogens is 114 g/mol. The molecule has 0 aliphatic heterocycles. The Morgan fingerprint density at radius 3 is 2.11 bits per heavy atom. The lowest BCUT2D eigenvalue weighted by atomic mass is 10.2. The summed E-state index contributed by atoms with van der Waals surface area (Å²) in [7, 11) is 0. The van der Waals surface area contributed by atoms with Crippen molar-refractivity contribution >= 4 is 0 Å². The van der Waals surface area contributed by atoms with Crippen molar-refractivity contribution in [3.63, 3.8) is 0 Å². The summed E-state index contributed by atoms with van der Waals surface area (Å²) in [5.41, 5.74) is 10.6. The third-order valence-corrected chi connectivity index (χ3v) is 1.14. The molecule has 3 nitrogen and oxygen atoms in total. The number of rotatable bonds is 4. The fraction of sp³-hybridized carbons (Fsp3) is 1.00. The van der Waals surface area contributed by atoms with Crippen LogP contribution in [0.5, 0.6) is 0 Å². The standard InChI is InChI=1S/C6H16N2.H3N/c1-2-3-4-5-6(7)8;/h6H,2-5,7-8H2,1H3;1H3. The van der Waals surface area contributed by atoms with E-state index in [2.05, 4.69) is 6.92 Å². The first-order valence-corrected chi connectivity index (χ1v) is 3.28. The molecule has 0 spiro atoms. The van der Waals surface area contributed by atoms with E-state index in [4.69, 9.17) is 11.5 Å². The van der Waals surface area contributed by atoms with Gasteiger partial charge in [0.25, 0.3) is 0 Å². The summed E-state index contributed by atoms with van der Waals surface area (Å²) in [6.45, 7) is 2.17. The first-order chi connectivity index (χ1) is 3.77. The second kappa shape index (κ2) is 7.88. The lowest BCUT2D eigenvalue weighted by Gasteiger charge is -2.01. The van der Waals surface area contributed by atoms with Crippen LogP contribution in [0.3, 0.4) is 0 Å². The Labute approximate surface area is 57.4 Å². The van der Waals surface area contributed by atoms with Gasteiger partial charge >= 0.3 is 0 Å². The Hall–Kier alpha value is -0.120. The zero-order chi connectivity index (χ0) is 6.41. The summed E-state index contributed by atoms with van der Waals surface area (Å²) in [5, 5.41) is 0. The molecule has 7 N–H and O–H groups in total. The van der Waals surface area contributed by atoms with Gasteiger partial charge in [-0.1, -0.05) is 26.2 Å². The van der Waals surface area contributed by atoms with Gasteiger partial charge in [-0.15, -0.1) is 0 Å². The van der Waals surface area contributed by atoms with Gasteiger partial charge in [-0.25, -0.2) is 0 Å². The van der Waals surface area contributed by atoms with Crippen molar-refractivity contribution in [2.45, 2.75) is 38.8 Å². The van der Waals surface area contributed by atoms with Crippen molar-refractivity contribution in [1.82, 2.24) is 6.15 Å². The zero-order valence-corrected chi connectivity index (χ0v) is 6.27. The predicted molar refractivity (Wildman–Crippen MR) is 41.3 cm³/mol. The summed E-state index contributed by atoms with van der Waals surface area (Å²) in [5.74, 6) is 0. The van der Waals surface area contributed by atoms with Gasteiger partial charge in [-0.05, 0) is 6.42 Å². The smallest absolute Gasteiger partial charge is 0.0520 e. The van der Waals surface area contributed by atoms with E-state index in [-0.39, 0.29) is 12.3 Å². The molecule has 0 saturated heterocycles. The van der Waals surface area contributed by atoms with Gasteiger partial charge in [0.1, 0.15) is 0 Å². The minimum absolute atomic E-state index is 0. The Morgan fingerprint density at radius 2 is 1.78 bits per heavy atom. The van der Waals surface area contributed by atoms with Gasteiger partial charge < -0.3 is 17.6 Å². The van der Waals surface area contributed by atoms with Crippen LogP contribution >= 0.6 is 0 Å². The van der Waals surface area contributed by atoms with Crippen LogP contribution in [-0.2, 0) is 0 Å². The molecule has 9 heavy (non-hydrogen) atoms. The van der Waals surface area contributed by atoms with Crippen LogP contribution in [0.2, 0.25) is 0 Å². The van der Waals surface area contributed by atoms with E-state index in [1.54, 1.807) is 0 Å². The van der Waals surface area contributed by atoms with E-state index < -0.39 is 0 Å². The molecule has 0 aliphatic carbocycles. The first kappa shape index (κ1) is 11.6. The highest BCUT2D eigenvalue weighted by Gasteiger charge is 1.90. The Bertz CT molecular complexity index is 45.6. The van der Waals surface area contributed by atoms with Crippen LogP contribution in [-0.4, -0.2) is 6.17 Å². The van der Waals surface area contributed by atoms with Gasteiger partial charge in [-0.3, -0.25) is 0 Å². The maximum absolute atomic E-state index is 5.31. The minimum Gasteiger partial charge on any atom is -0.344 e. The van der Waals surface area contributed by atoms with Crippen molar-refractivity contribution in [3.05, 3.63) is 0 Å². The van der Waals surface area contributed by atoms with Gasteiger partial charge in [0.2, 0.25) is 0 Å². The highest BCUT2D eigenvalue weighted by Crippen LogP contribution is 1.97. The predicted octanol–water partition coefficient (Wildman–Crippen LogP) is 0.972. The maximum atomic E-state index is 5.31. The Balaban J connectivity index is 0. The van der Waals surface area contributed by atoms with Crippen LogP contribution in [0.25, 0.3) is 0 Å². The lowest BCUT2D eigenvalue weighted by molar-refractivity contribution is 0.575. The van der Waals surface area contributed by atoms with E-state index >= 15 is 0 Å². The molecule has 0 aliphatic rings. The van der Waals surface area contributed by atoms with Crippen molar-refractivity contribution in [2.24, 2.45) is 11.5 Å². The Kier molecular flexibility index (Phi) is 10.2. The SMILES string of the molecule is CCCCCC(N)N.N. The molecule has 0 aromatic carbocycles. The molecule has 0 radical (unpaired) electrons. The van der Waals surface area contributed by atoms with Crippen molar-refractivity contribution in [3.8, 4) is 0 Å². The fourth-order valence-electron chi connectivity index (χ4n) is 0.630. The molecule has 0 heterocycles. The second-order valence-electron chi connectivity index (χ2n) is 2.16. The van der Waals surface area contributed by atoms with Crippen LogP contribution < -0.4 is 17.6 Å². The summed E-state index contributed by atoms with van der Waals surface area (Å²) in [6.07, 6.45) is 4.54. The molecule has 3 heteroatoms. The molecule has 0 fully saturated rings. The molecule has 0 saturated carbocycles. The molecule has 0 bridgehead atoms. The van der Waals surface area contributed by atoms with Crippen LogP contribution in [0.15, 0.2) is 0 Å². The summed E-state index contributed by atoms with van der Waals surface area (Å²) < 4.78 is 0. The lowest BCUT2D eigenvalue weighted by Crippen LogP contribution is -2.29. The molecule has 0 atom stereocenters. The number of hydrogen-bond donors (Lipinski definition) is 3. The minimum atomic E-state index is -0.0958. The molecule has 0 aromatic heterocycles. The van der Waals surface area contributed by atoms with Crippen molar-refractivity contribution in [1.29, 1.82) is 0 Å². The summed E-state index contributed by atoms with van der Waals surface area (Å²) in [4.78, 5) is 0. The average Bonchev–Trinajstić information content (AvgIpc) is 1.66. The normalized spacial score (nSPS) is 9.33. The molecule has 0 aromatic rings. The molecule has 0 unspecified atom stereocenters. The van der Waals surface area contributed by atoms with Gasteiger partial charge in [0, 0.05) is 0 Å². The van der Waals surface area contributed by atoms with Crippen LogP contribution in [0.4, 0.5) is 0 Å². The van der Waals surface area contributed by atoms with Crippen molar-refractivity contribution in [2.75, 3.05) is 0 Å². The van der Waals surface area contributed by atoms with Crippen LogP contribution in [0.1, 0.15) is 32.6 Å². The van der Waals surface area contributed by atoms with Gasteiger partial charge in [0.15, 0.2) is 0 Å². The summed E-state index contributed by atoms with van der Waals surface area (Å²) >= 11 is 0. The highest BCUT2D eigenvalue weighted by atomic mass is 14.8. The number of nitrogens with two attached hydrogens (primary N) is 2. The zero-order valence-electron chi connectivity index (χ0n) is 6.27. The van der Waals surface area contributed by atoms with Gasteiger partial charge in [0.05, 0.1) is 6.17 Å². The van der Waals surface area contributed by atoms with Crippen LogP contribution in [0, 0.1) is 0 Å². The third-order valence-electron chi connectivity index (χ3n) is 1.14. The van der Waals surface area contributed by atoms with E-state index in [1.165, 1.54) is 19.3 Å². The Morgan fingerprint density at radius 1 is 1.22 bits per heavy atom. The van der Waals surface area contributed by atoms with E-state index in [9.17, 15) is 0 Å². The topological polar surface area (TPSA) is 87.0 Å². The fourth-order valence-corrected chi connectivity index (χ4v) is 0.630. The first-order valence-electron chi connectivity index (χ1n) is 3.28. The average molecular weight is 133 g/mol. The van der Waals surface area contributed by atoms with E-state index in [1.807, 2.05) is 0 Å².